The quantitative estimate of drug-likeness (QED) is 0.196. The van der Waals surface area contributed by atoms with Gasteiger partial charge in [-0.25, -0.2) is 9.59 Å². The minimum atomic E-state index is -0.870. The van der Waals surface area contributed by atoms with E-state index < -0.39 is 5.97 Å². The topological polar surface area (TPSA) is 81.7 Å². The minimum absolute atomic E-state index is 0.0119. The van der Waals surface area contributed by atoms with Gasteiger partial charge in [-0.2, -0.15) is 0 Å². The van der Waals surface area contributed by atoms with E-state index in [1.807, 2.05) is 12.1 Å². The first-order valence-corrected chi connectivity index (χ1v) is 18.5. The van der Waals surface area contributed by atoms with E-state index in [0.29, 0.717) is 53.0 Å². The molecule has 1 aromatic carbocycles. The number of carbonyl (C=O) groups is 2. The third-order valence-corrected chi connectivity index (χ3v) is 14.7. The summed E-state index contributed by atoms with van der Waals surface area (Å²) in [6, 6.07) is 7.58. The van der Waals surface area contributed by atoms with Gasteiger partial charge in [0.25, 0.3) is 0 Å². The average Bonchev–Trinajstić information content (AvgIpc) is 3.39. The van der Waals surface area contributed by atoms with Crippen LogP contribution in [0.2, 0.25) is 0 Å². The third-order valence-electron chi connectivity index (χ3n) is 14.7. The van der Waals surface area contributed by atoms with Crippen molar-refractivity contribution >= 4 is 17.6 Å². The lowest BCUT2D eigenvalue weighted by Crippen LogP contribution is -2.65. The Bertz CT molecular complexity index is 1410. The van der Waals surface area contributed by atoms with Crippen LogP contribution in [0.5, 0.6) is 0 Å². The number of hydrogen-bond donors (Lipinski definition) is 3. The lowest BCUT2D eigenvalue weighted by molar-refractivity contribution is -0.174. The van der Waals surface area contributed by atoms with Crippen molar-refractivity contribution in [3.8, 4) is 0 Å². The zero-order chi connectivity index (χ0) is 33.9. The van der Waals surface area contributed by atoms with Crippen LogP contribution in [0.15, 0.2) is 42.5 Å². The molecule has 6 heteroatoms. The van der Waals surface area contributed by atoms with Crippen LogP contribution in [0.1, 0.15) is 115 Å². The maximum absolute atomic E-state index is 13.4. The molecule has 0 bridgehead atoms. The van der Waals surface area contributed by atoms with Gasteiger partial charge in [-0.1, -0.05) is 58.1 Å². The van der Waals surface area contributed by atoms with Crippen LogP contribution in [-0.2, 0) is 0 Å². The first-order chi connectivity index (χ1) is 22.1. The molecule has 1 aromatic rings. The van der Waals surface area contributed by atoms with E-state index in [2.05, 4.69) is 76.9 Å². The number of carboxylic acid groups (broad SMARTS) is 1. The molecule has 258 valence electrons. The van der Waals surface area contributed by atoms with Crippen molar-refractivity contribution in [1.82, 2.24) is 15.5 Å². The molecule has 4 fully saturated rings. The number of hydrogen-bond acceptors (Lipinski definition) is 3. The summed E-state index contributed by atoms with van der Waals surface area (Å²) < 4.78 is 0. The Balaban J connectivity index is 1.25. The minimum Gasteiger partial charge on any atom is -0.478 e. The van der Waals surface area contributed by atoms with E-state index in [-0.39, 0.29) is 22.4 Å². The van der Waals surface area contributed by atoms with Gasteiger partial charge in [-0.15, -0.1) is 0 Å². The number of benzene rings is 1. The number of rotatable bonds is 8. The van der Waals surface area contributed by atoms with Gasteiger partial charge < -0.3 is 20.6 Å². The molecule has 47 heavy (non-hydrogen) atoms. The fraction of sp³-hybridized carbons (Fsp3) is 0.707. The van der Waals surface area contributed by atoms with Gasteiger partial charge in [-0.3, -0.25) is 0 Å². The van der Waals surface area contributed by atoms with Gasteiger partial charge in [0.1, 0.15) is 0 Å². The lowest BCUT2D eigenvalue weighted by atomic mass is 9.36. The summed E-state index contributed by atoms with van der Waals surface area (Å²) in [4.78, 5) is 27.0. The molecule has 0 heterocycles. The Kier molecular flexibility index (Phi) is 9.02. The molecule has 9 unspecified atom stereocenters. The van der Waals surface area contributed by atoms with Crippen molar-refractivity contribution in [2.75, 3.05) is 27.2 Å². The van der Waals surface area contributed by atoms with Crippen molar-refractivity contribution in [1.29, 1.82) is 0 Å². The second-order valence-corrected chi connectivity index (χ2v) is 17.7. The molecule has 0 saturated heterocycles. The highest BCUT2D eigenvalue weighted by atomic mass is 16.4. The number of amides is 2. The molecule has 2 amide bonds. The second-order valence-electron chi connectivity index (χ2n) is 17.7. The van der Waals surface area contributed by atoms with Crippen molar-refractivity contribution < 1.29 is 14.7 Å². The summed E-state index contributed by atoms with van der Waals surface area (Å²) >= 11 is 0. The number of nitrogens with zero attached hydrogens (tertiary/aromatic N) is 1. The molecular formula is C41H61N3O3. The van der Waals surface area contributed by atoms with Crippen LogP contribution in [0.4, 0.5) is 4.79 Å². The van der Waals surface area contributed by atoms with Crippen LogP contribution in [0.25, 0.3) is 5.57 Å². The van der Waals surface area contributed by atoms with Gasteiger partial charge in [0.2, 0.25) is 0 Å². The zero-order valence-corrected chi connectivity index (χ0v) is 30.3. The van der Waals surface area contributed by atoms with Crippen molar-refractivity contribution in [3.05, 3.63) is 53.6 Å². The van der Waals surface area contributed by atoms with Crippen molar-refractivity contribution in [2.45, 2.75) is 104 Å². The standard InChI is InChI=1S/C41H61N3O3/c1-26(2)29-16-22-41(43-37(47)42-24-9-25-44(7)8)23-18-32-30(35(29)41)14-15-34-39(32,5)21-19-33-38(3,4)31(17-20-40(33,34)6)27-10-12-28(13-11-27)36(45)46/h10-13,17,29-30,32-35H,1,9,14-16,18-25H2,2-8H3,(H,45,46)(H2,42,43,47). The number of carbonyl (C=O) groups excluding carboxylic acids is 1. The molecule has 4 saturated carbocycles. The largest absolute Gasteiger partial charge is 0.478 e. The molecule has 5 aliphatic carbocycles. The van der Waals surface area contributed by atoms with E-state index in [9.17, 15) is 14.7 Å². The molecule has 6 rings (SSSR count). The molecular weight excluding hydrogens is 582 g/mol. The summed E-state index contributed by atoms with van der Waals surface area (Å²) in [5.41, 5.74) is 4.62. The monoisotopic (exact) mass is 643 g/mol. The smallest absolute Gasteiger partial charge is 0.335 e. The lowest BCUT2D eigenvalue weighted by Gasteiger charge is -2.68. The molecule has 0 aliphatic heterocycles. The second kappa shape index (κ2) is 12.4. The Labute approximate surface area is 284 Å². The van der Waals surface area contributed by atoms with Crippen LogP contribution in [0.3, 0.4) is 0 Å². The summed E-state index contributed by atoms with van der Waals surface area (Å²) in [5, 5.41) is 16.3. The maximum atomic E-state index is 13.4. The number of allylic oxidation sites excluding steroid dienone is 3. The molecule has 0 radical (unpaired) electrons. The fourth-order valence-corrected chi connectivity index (χ4v) is 12.8. The first-order valence-electron chi connectivity index (χ1n) is 18.5. The number of fused-ring (bicyclic) bond motifs is 7. The van der Waals surface area contributed by atoms with E-state index in [0.717, 1.165) is 38.6 Å². The van der Waals surface area contributed by atoms with Crippen LogP contribution in [0, 0.1) is 51.8 Å². The normalized spacial score (nSPS) is 38.7. The molecule has 0 spiro atoms. The Morgan fingerprint density at radius 3 is 2.30 bits per heavy atom. The van der Waals surface area contributed by atoms with Crippen LogP contribution in [-0.4, -0.2) is 54.7 Å². The summed E-state index contributed by atoms with van der Waals surface area (Å²) in [6.07, 6.45) is 14.1. The highest BCUT2D eigenvalue weighted by Crippen LogP contribution is 2.73. The molecule has 3 N–H and O–H groups in total. The summed E-state index contributed by atoms with van der Waals surface area (Å²) in [6.45, 7) is 18.6. The van der Waals surface area contributed by atoms with Gasteiger partial charge in [0.15, 0.2) is 0 Å². The molecule has 6 nitrogen and oxygen atoms in total. The zero-order valence-electron chi connectivity index (χ0n) is 30.3. The summed E-state index contributed by atoms with van der Waals surface area (Å²) in [5.74, 6) is 2.64. The van der Waals surface area contributed by atoms with E-state index in [1.54, 1.807) is 12.1 Å². The van der Waals surface area contributed by atoms with Gasteiger partial charge in [0.05, 0.1) is 5.56 Å². The average molecular weight is 644 g/mol. The van der Waals surface area contributed by atoms with Crippen LogP contribution < -0.4 is 10.6 Å². The number of nitrogens with one attached hydrogen (secondary N) is 2. The SMILES string of the molecule is C=C(C)C1CCC2(NC(=O)NCCCN(C)C)CCC3C(CCC4C3(C)CCC3C(C)(C)C(c5ccc(C(=O)O)cc5)=CCC34C)C12. The first kappa shape index (κ1) is 34.3. The molecule has 5 aliphatic rings. The Hall–Kier alpha value is -2.60. The van der Waals surface area contributed by atoms with E-state index >= 15 is 0 Å². The predicted molar refractivity (Wildman–Crippen MR) is 191 cm³/mol. The van der Waals surface area contributed by atoms with Gasteiger partial charge >= 0.3 is 12.0 Å². The van der Waals surface area contributed by atoms with E-state index in [1.165, 1.54) is 48.8 Å². The Morgan fingerprint density at radius 2 is 1.64 bits per heavy atom. The molecule has 9 atom stereocenters. The number of aromatic carboxylic acids is 1. The fourth-order valence-electron chi connectivity index (χ4n) is 12.8. The number of urea groups is 1. The van der Waals surface area contributed by atoms with Gasteiger partial charge in [-0.05, 0) is 167 Å². The molecule has 0 aromatic heterocycles. The number of carboxylic acids is 1. The maximum Gasteiger partial charge on any atom is 0.335 e. The van der Waals surface area contributed by atoms with Gasteiger partial charge in [0, 0.05) is 12.1 Å². The van der Waals surface area contributed by atoms with Crippen molar-refractivity contribution in [2.24, 2.45) is 51.8 Å². The summed E-state index contributed by atoms with van der Waals surface area (Å²) in [7, 11) is 4.15. The van der Waals surface area contributed by atoms with E-state index in [4.69, 9.17) is 0 Å². The third kappa shape index (κ3) is 5.68. The highest BCUT2D eigenvalue weighted by Gasteiger charge is 2.66. The van der Waals surface area contributed by atoms with Crippen molar-refractivity contribution in [3.63, 3.8) is 0 Å². The Morgan fingerprint density at radius 1 is 0.936 bits per heavy atom. The highest BCUT2D eigenvalue weighted by molar-refractivity contribution is 5.88. The van der Waals surface area contributed by atoms with Crippen LogP contribution >= 0.6 is 0 Å². The predicted octanol–water partition coefficient (Wildman–Crippen LogP) is 8.65.